The molecule has 2 aromatic rings. The summed E-state index contributed by atoms with van der Waals surface area (Å²) in [6, 6.07) is 13.5. The summed E-state index contributed by atoms with van der Waals surface area (Å²) in [4.78, 5) is 25.7. The molecule has 2 atom stereocenters. The number of carboxylic acids is 1. The first-order valence-corrected chi connectivity index (χ1v) is 8.13. The first-order chi connectivity index (χ1) is 11.4. The van der Waals surface area contributed by atoms with Crippen LogP contribution in [0.1, 0.15) is 26.7 Å². The lowest BCUT2D eigenvalue weighted by Gasteiger charge is -2.33. The number of carbonyl (C=O) groups is 2. The Bertz CT molecular complexity index is 783. The average Bonchev–Trinajstić information content (AvgIpc) is 2.97. The Kier molecular flexibility index (Phi) is 4.18. The van der Waals surface area contributed by atoms with Crippen LogP contribution in [0.5, 0.6) is 5.75 Å². The van der Waals surface area contributed by atoms with Crippen LogP contribution in [0.4, 0.5) is 0 Å². The summed E-state index contributed by atoms with van der Waals surface area (Å²) in [6.45, 7) is 3.72. The number of hydrogen-bond donors (Lipinski definition) is 1. The number of nitrogens with zero attached hydrogens (tertiary/aromatic N) is 1. The van der Waals surface area contributed by atoms with E-state index in [-0.39, 0.29) is 5.91 Å². The van der Waals surface area contributed by atoms with E-state index in [4.69, 9.17) is 4.74 Å². The van der Waals surface area contributed by atoms with E-state index < -0.39 is 17.6 Å². The number of likely N-dealkylation sites (tertiary alicyclic amines) is 1. The van der Waals surface area contributed by atoms with E-state index in [1.165, 1.54) is 4.90 Å². The summed E-state index contributed by atoms with van der Waals surface area (Å²) in [5.74, 6) is -0.624. The van der Waals surface area contributed by atoms with Crippen LogP contribution in [0, 0.1) is 0 Å². The van der Waals surface area contributed by atoms with Gasteiger partial charge >= 0.3 is 5.97 Å². The van der Waals surface area contributed by atoms with Crippen molar-refractivity contribution in [3.8, 4) is 5.75 Å². The van der Waals surface area contributed by atoms with Crippen LogP contribution in [0.25, 0.3) is 10.8 Å². The lowest BCUT2D eigenvalue weighted by atomic mass is 9.99. The smallest absolute Gasteiger partial charge is 0.329 e. The summed E-state index contributed by atoms with van der Waals surface area (Å²) in [5.41, 5.74) is -1.15. The number of amides is 1. The molecule has 1 aliphatic rings. The van der Waals surface area contributed by atoms with E-state index in [9.17, 15) is 14.7 Å². The van der Waals surface area contributed by atoms with Crippen molar-refractivity contribution in [3.05, 3.63) is 42.5 Å². The van der Waals surface area contributed by atoms with Crippen molar-refractivity contribution in [2.24, 2.45) is 0 Å². The Morgan fingerprint density at radius 1 is 1.21 bits per heavy atom. The Morgan fingerprint density at radius 2 is 1.92 bits per heavy atom. The van der Waals surface area contributed by atoms with Crippen molar-refractivity contribution in [3.63, 3.8) is 0 Å². The minimum atomic E-state index is -1.15. The molecule has 3 rings (SSSR count). The molecule has 1 N–H and O–H groups in total. The molecule has 0 radical (unpaired) electrons. The highest BCUT2D eigenvalue weighted by atomic mass is 16.5. The van der Waals surface area contributed by atoms with Crippen LogP contribution in [-0.2, 0) is 9.59 Å². The van der Waals surface area contributed by atoms with Crippen molar-refractivity contribution in [2.75, 3.05) is 6.54 Å². The minimum absolute atomic E-state index is 0.287. The zero-order valence-electron chi connectivity index (χ0n) is 13.9. The summed E-state index contributed by atoms with van der Waals surface area (Å²) in [7, 11) is 0. The Morgan fingerprint density at radius 3 is 2.67 bits per heavy atom. The molecule has 1 saturated heterocycles. The Hall–Kier alpha value is -2.56. The van der Waals surface area contributed by atoms with Gasteiger partial charge in [0, 0.05) is 11.9 Å². The van der Waals surface area contributed by atoms with Gasteiger partial charge in [0.1, 0.15) is 11.3 Å². The predicted octanol–water partition coefficient (Wildman–Crippen LogP) is 3.07. The molecule has 0 saturated carbocycles. The van der Waals surface area contributed by atoms with E-state index >= 15 is 0 Å². The Balaban J connectivity index is 1.83. The molecule has 0 aliphatic carbocycles. The van der Waals surface area contributed by atoms with Crippen LogP contribution >= 0.6 is 0 Å². The molecule has 1 fully saturated rings. The van der Waals surface area contributed by atoms with Gasteiger partial charge in [0.25, 0.3) is 5.91 Å². The monoisotopic (exact) mass is 327 g/mol. The maximum absolute atomic E-state index is 12.7. The second-order valence-corrected chi connectivity index (χ2v) is 6.41. The molecular formula is C19H21NO4. The van der Waals surface area contributed by atoms with Crippen LogP contribution in [-0.4, -0.2) is 40.1 Å². The van der Waals surface area contributed by atoms with E-state index in [2.05, 4.69) is 0 Å². The quantitative estimate of drug-likeness (QED) is 0.937. The summed E-state index contributed by atoms with van der Waals surface area (Å²) < 4.78 is 5.89. The van der Waals surface area contributed by atoms with Crippen molar-refractivity contribution >= 4 is 22.6 Å². The average molecular weight is 327 g/mol. The molecule has 5 nitrogen and oxygen atoms in total. The van der Waals surface area contributed by atoms with Gasteiger partial charge in [-0.15, -0.1) is 0 Å². The molecule has 1 amide bonds. The molecule has 2 unspecified atom stereocenters. The summed E-state index contributed by atoms with van der Waals surface area (Å²) in [6.07, 6.45) is 0.414. The second kappa shape index (κ2) is 6.15. The first kappa shape index (κ1) is 16.3. The molecule has 1 aliphatic heterocycles. The number of hydrogen-bond acceptors (Lipinski definition) is 3. The molecule has 5 heteroatoms. The number of ether oxygens (including phenoxy) is 1. The maximum Gasteiger partial charge on any atom is 0.329 e. The zero-order chi connectivity index (χ0) is 17.3. The normalized spacial score (nSPS) is 21.7. The summed E-state index contributed by atoms with van der Waals surface area (Å²) >= 11 is 0. The second-order valence-electron chi connectivity index (χ2n) is 6.41. The lowest BCUT2D eigenvalue weighted by Crippen LogP contribution is -2.54. The van der Waals surface area contributed by atoms with Crippen LogP contribution < -0.4 is 4.74 Å². The van der Waals surface area contributed by atoms with Gasteiger partial charge in [0.15, 0.2) is 6.10 Å². The molecule has 1 heterocycles. The third kappa shape index (κ3) is 2.70. The molecule has 126 valence electrons. The zero-order valence-corrected chi connectivity index (χ0v) is 13.9. The van der Waals surface area contributed by atoms with Crippen molar-refractivity contribution in [2.45, 2.75) is 38.3 Å². The van der Waals surface area contributed by atoms with Crippen LogP contribution in [0.2, 0.25) is 0 Å². The van der Waals surface area contributed by atoms with Gasteiger partial charge in [0.05, 0.1) is 0 Å². The molecule has 2 aromatic carbocycles. The van der Waals surface area contributed by atoms with Crippen molar-refractivity contribution in [1.29, 1.82) is 0 Å². The highest BCUT2D eigenvalue weighted by Crippen LogP contribution is 2.31. The number of fused-ring (bicyclic) bond motifs is 1. The molecule has 0 aromatic heterocycles. The SMILES string of the molecule is CC(Oc1cccc2ccccc12)C(=O)N1CCCC1(C)C(=O)O. The highest BCUT2D eigenvalue weighted by Gasteiger charge is 2.47. The van der Waals surface area contributed by atoms with Gasteiger partial charge in [-0.1, -0.05) is 36.4 Å². The first-order valence-electron chi connectivity index (χ1n) is 8.13. The van der Waals surface area contributed by atoms with Gasteiger partial charge < -0.3 is 14.7 Å². The number of carboxylic acid groups (broad SMARTS) is 1. The lowest BCUT2D eigenvalue weighted by molar-refractivity contribution is -0.157. The van der Waals surface area contributed by atoms with Crippen molar-refractivity contribution in [1.82, 2.24) is 4.90 Å². The predicted molar refractivity (Wildman–Crippen MR) is 91.0 cm³/mol. The molecule has 24 heavy (non-hydrogen) atoms. The van der Waals surface area contributed by atoms with Crippen LogP contribution in [0.15, 0.2) is 42.5 Å². The molecular weight excluding hydrogens is 306 g/mol. The summed E-state index contributed by atoms with van der Waals surface area (Å²) in [5, 5.41) is 11.4. The number of aliphatic carboxylic acids is 1. The topological polar surface area (TPSA) is 66.8 Å². The number of rotatable bonds is 4. The van der Waals surface area contributed by atoms with Gasteiger partial charge in [-0.3, -0.25) is 4.79 Å². The van der Waals surface area contributed by atoms with Crippen LogP contribution in [0.3, 0.4) is 0 Å². The fourth-order valence-electron chi connectivity index (χ4n) is 3.30. The van der Waals surface area contributed by atoms with Gasteiger partial charge in [0.2, 0.25) is 0 Å². The standard InChI is InChI=1S/C19H21NO4/c1-13(17(21)20-12-6-11-19(20,2)18(22)23)24-16-10-5-8-14-7-3-4-9-15(14)16/h3-5,7-10,13H,6,11-12H2,1-2H3,(H,22,23). The maximum atomic E-state index is 12.7. The third-order valence-corrected chi connectivity index (χ3v) is 4.77. The van der Waals surface area contributed by atoms with E-state index in [1.807, 2.05) is 42.5 Å². The third-order valence-electron chi connectivity index (χ3n) is 4.77. The van der Waals surface area contributed by atoms with E-state index in [0.29, 0.717) is 25.1 Å². The van der Waals surface area contributed by atoms with E-state index in [0.717, 1.165) is 10.8 Å². The fourth-order valence-corrected chi connectivity index (χ4v) is 3.30. The van der Waals surface area contributed by atoms with Crippen molar-refractivity contribution < 1.29 is 19.4 Å². The minimum Gasteiger partial charge on any atom is -0.480 e. The highest BCUT2D eigenvalue weighted by molar-refractivity contribution is 5.91. The number of benzene rings is 2. The Labute approximate surface area is 140 Å². The fraction of sp³-hybridized carbons (Fsp3) is 0.368. The largest absolute Gasteiger partial charge is 0.480 e. The number of carbonyl (C=O) groups excluding carboxylic acids is 1. The molecule has 0 bridgehead atoms. The van der Waals surface area contributed by atoms with Gasteiger partial charge in [-0.05, 0) is 38.1 Å². The molecule has 0 spiro atoms. The van der Waals surface area contributed by atoms with Gasteiger partial charge in [-0.25, -0.2) is 4.79 Å². The van der Waals surface area contributed by atoms with E-state index in [1.54, 1.807) is 13.8 Å². The van der Waals surface area contributed by atoms with Gasteiger partial charge in [-0.2, -0.15) is 0 Å².